The highest BCUT2D eigenvalue weighted by Gasteiger charge is 2.29. The maximum Gasteiger partial charge on any atom is 0.296 e. The molecule has 5 rings (SSSR count). The van der Waals surface area contributed by atoms with Crippen molar-refractivity contribution in [3.05, 3.63) is 70.0 Å². The number of amides is 1. The third-order valence-electron chi connectivity index (χ3n) is 7.59. The first kappa shape index (κ1) is 24.3. The normalized spacial score (nSPS) is 17.2. The van der Waals surface area contributed by atoms with Gasteiger partial charge in [-0.15, -0.1) is 0 Å². The second-order valence-corrected chi connectivity index (χ2v) is 9.85. The van der Waals surface area contributed by atoms with Crippen LogP contribution in [0.5, 0.6) is 0 Å². The molecule has 1 N–H and O–H groups in total. The number of aromatic nitrogens is 3. The van der Waals surface area contributed by atoms with E-state index in [9.17, 15) is 13.6 Å². The van der Waals surface area contributed by atoms with Gasteiger partial charge >= 0.3 is 0 Å². The number of hydrogen-bond acceptors (Lipinski definition) is 4. The fourth-order valence-corrected chi connectivity index (χ4v) is 5.29. The summed E-state index contributed by atoms with van der Waals surface area (Å²) in [6.07, 6.45) is 4.16. The number of nitrogens with zero attached hydrogens (tertiary/aromatic N) is 4. The number of nitrogens with one attached hydrogen (secondary N) is 1. The van der Waals surface area contributed by atoms with Gasteiger partial charge in [0.15, 0.2) is 11.6 Å². The van der Waals surface area contributed by atoms with Crippen LogP contribution in [0.25, 0.3) is 11.4 Å². The zero-order chi connectivity index (χ0) is 25.2. The molecule has 1 amide bonds. The minimum atomic E-state index is -2.72. The molecule has 0 unspecified atom stereocenters. The van der Waals surface area contributed by atoms with E-state index < -0.39 is 12.2 Å². The van der Waals surface area contributed by atoms with Crippen LogP contribution in [0.15, 0.2) is 41.4 Å². The average Bonchev–Trinajstić information content (AvgIpc) is 3.34. The Bertz CT molecular complexity index is 1260. The number of aromatic amines is 1. The summed E-state index contributed by atoms with van der Waals surface area (Å²) < 4.78 is 26.3. The van der Waals surface area contributed by atoms with Gasteiger partial charge in [0.05, 0.1) is 0 Å². The first-order chi connectivity index (χ1) is 17.4. The Morgan fingerprint density at radius 2 is 1.83 bits per heavy atom. The Morgan fingerprint density at radius 1 is 1.11 bits per heavy atom. The van der Waals surface area contributed by atoms with Gasteiger partial charge in [0.2, 0.25) is 0 Å². The lowest BCUT2D eigenvalue weighted by atomic mass is 9.77. The Hall–Kier alpha value is -3.42. The monoisotopic (exact) mass is 491 g/mol. The minimum Gasteiger partial charge on any atom is -0.339 e. The molecule has 0 spiro atoms. The van der Waals surface area contributed by atoms with Gasteiger partial charge in [-0.1, -0.05) is 36.8 Å². The molecule has 2 aromatic carbocycles. The molecule has 3 aromatic rings. The van der Waals surface area contributed by atoms with E-state index in [4.69, 9.17) is 0 Å². The Labute approximate surface area is 209 Å². The minimum absolute atomic E-state index is 0.0218. The smallest absolute Gasteiger partial charge is 0.296 e. The lowest BCUT2D eigenvalue weighted by Gasteiger charge is -2.33. The standard InChI is InChI=1S/C28H31F2N5O/c1-17-14-23(21-4-3-5-21)24(26-32-27(25(29)30)34-33-26)15-22(17)28(36)35-12-10-20(11-13-35)19-8-6-18(7-9-19)16-31-2/h6-9,14-16,20-21,25H,3-5,10-13H2,1-2H3,(H,32,33,34). The van der Waals surface area contributed by atoms with E-state index in [0.717, 1.165) is 48.8 Å². The predicted octanol–water partition coefficient (Wildman–Crippen LogP) is 6.05. The number of carbonyl (C=O) groups is 1. The molecule has 8 heteroatoms. The molecule has 6 nitrogen and oxygen atoms in total. The molecular weight excluding hydrogens is 460 g/mol. The van der Waals surface area contributed by atoms with Crippen LogP contribution in [-0.4, -0.2) is 52.3 Å². The van der Waals surface area contributed by atoms with Gasteiger partial charge in [0, 0.05) is 37.5 Å². The van der Waals surface area contributed by atoms with Crippen molar-refractivity contribution in [3.8, 4) is 11.4 Å². The molecule has 1 aromatic heterocycles. The Morgan fingerprint density at radius 3 is 2.42 bits per heavy atom. The zero-order valence-corrected chi connectivity index (χ0v) is 20.7. The third kappa shape index (κ3) is 4.81. The lowest BCUT2D eigenvalue weighted by Crippen LogP contribution is -2.38. The number of benzene rings is 2. The number of H-pyrrole nitrogens is 1. The maximum absolute atomic E-state index is 13.6. The summed E-state index contributed by atoms with van der Waals surface area (Å²) in [5, 5.41) is 6.41. The summed E-state index contributed by atoms with van der Waals surface area (Å²) in [6, 6.07) is 12.3. The molecular formula is C28H31F2N5O. The van der Waals surface area contributed by atoms with E-state index in [1.807, 2.05) is 30.2 Å². The van der Waals surface area contributed by atoms with Crippen molar-refractivity contribution in [1.29, 1.82) is 0 Å². The van der Waals surface area contributed by atoms with E-state index in [0.29, 0.717) is 36.1 Å². The van der Waals surface area contributed by atoms with Gasteiger partial charge < -0.3 is 4.90 Å². The lowest BCUT2D eigenvalue weighted by molar-refractivity contribution is 0.0712. The van der Waals surface area contributed by atoms with Gasteiger partial charge in [0.25, 0.3) is 12.3 Å². The fraction of sp³-hybridized carbons (Fsp3) is 0.429. The topological polar surface area (TPSA) is 74.2 Å². The SMILES string of the molecule is CN=Cc1ccc(C2CCN(C(=O)c3cc(-c4n[nH]c(C(F)F)n4)c(C4CCC4)cc3C)CC2)cc1. The van der Waals surface area contributed by atoms with Crippen molar-refractivity contribution in [3.63, 3.8) is 0 Å². The van der Waals surface area contributed by atoms with Crippen molar-refractivity contribution >= 4 is 12.1 Å². The molecule has 1 saturated carbocycles. The second kappa shape index (κ2) is 10.3. The molecule has 188 valence electrons. The summed E-state index contributed by atoms with van der Waals surface area (Å²) in [4.78, 5) is 23.6. The summed E-state index contributed by atoms with van der Waals surface area (Å²) in [6.45, 7) is 3.31. The number of rotatable bonds is 6. The Kier molecular flexibility index (Phi) is 6.94. The van der Waals surface area contributed by atoms with E-state index in [1.165, 1.54) is 5.56 Å². The van der Waals surface area contributed by atoms with Crippen LogP contribution >= 0.6 is 0 Å². The molecule has 2 aliphatic rings. The fourth-order valence-electron chi connectivity index (χ4n) is 5.29. The molecule has 36 heavy (non-hydrogen) atoms. The van der Waals surface area contributed by atoms with E-state index in [-0.39, 0.29) is 11.7 Å². The van der Waals surface area contributed by atoms with Gasteiger partial charge in [-0.05, 0) is 72.8 Å². The molecule has 1 aliphatic heterocycles. The number of aliphatic imine (C=N–C) groups is 1. The first-order valence-electron chi connectivity index (χ1n) is 12.6. The van der Waals surface area contributed by atoms with Crippen molar-refractivity contribution in [1.82, 2.24) is 20.1 Å². The van der Waals surface area contributed by atoms with Crippen LogP contribution in [-0.2, 0) is 0 Å². The molecule has 0 atom stereocenters. The van der Waals surface area contributed by atoms with Crippen molar-refractivity contribution < 1.29 is 13.6 Å². The van der Waals surface area contributed by atoms with Crippen molar-refractivity contribution in [2.75, 3.05) is 20.1 Å². The molecule has 0 bridgehead atoms. The molecule has 1 aliphatic carbocycles. The number of halogens is 2. The van der Waals surface area contributed by atoms with Crippen LogP contribution in [0.4, 0.5) is 8.78 Å². The van der Waals surface area contributed by atoms with Crippen LogP contribution in [0.2, 0.25) is 0 Å². The van der Waals surface area contributed by atoms with E-state index >= 15 is 0 Å². The van der Waals surface area contributed by atoms with Gasteiger partial charge in [-0.3, -0.25) is 14.9 Å². The predicted molar refractivity (Wildman–Crippen MR) is 136 cm³/mol. The average molecular weight is 492 g/mol. The van der Waals surface area contributed by atoms with Crippen LogP contribution in [0.3, 0.4) is 0 Å². The van der Waals surface area contributed by atoms with Gasteiger partial charge in [0.1, 0.15) is 0 Å². The Balaban J connectivity index is 1.36. The maximum atomic E-state index is 13.6. The number of likely N-dealkylation sites (tertiary alicyclic amines) is 1. The third-order valence-corrected chi connectivity index (χ3v) is 7.59. The second-order valence-electron chi connectivity index (χ2n) is 9.85. The summed E-state index contributed by atoms with van der Waals surface area (Å²) in [5.41, 5.74) is 5.60. The van der Waals surface area contributed by atoms with Gasteiger partial charge in [-0.2, -0.15) is 5.10 Å². The van der Waals surface area contributed by atoms with Crippen molar-refractivity contribution in [2.24, 2.45) is 4.99 Å². The number of carbonyl (C=O) groups excluding carboxylic acids is 1. The number of aryl methyl sites for hydroxylation is 1. The molecule has 2 fully saturated rings. The highest BCUT2D eigenvalue weighted by Crippen LogP contribution is 2.42. The van der Waals surface area contributed by atoms with E-state index in [1.54, 1.807) is 7.05 Å². The number of piperidine rings is 1. The summed E-state index contributed by atoms with van der Waals surface area (Å²) >= 11 is 0. The number of hydrogen-bond donors (Lipinski definition) is 1. The largest absolute Gasteiger partial charge is 0.339 e. The number of alkyl halides is 2. The summed E-state index contributed by atoms with van der Waals surface area (Å²) in [7, 11) is 1.76. The zero-order valence-electron chi connectivity index (χ0n) is 20.7. The first-order valence-corrected chi connectivity index (χ1v) is 12.6. The highest BCUT2D eigenvalue weighted by molar-refractivity contribution is 5.97. The molecule has 1 saturated heterocycles. The quantitative estimate of drug-likeness (QED) is 0.426. The van der Waals surface area contributed by atoms with Crippen LogP contribution in [0, 0.1) is 6.92 Å². The highest BCUT2D eigenvalue weighted by atomic mass is 19.3. The summed E-state index contributed by atoms with van der Waals surface area (Å²) in [5.74, 6) is 0.528. The van der Waals surface area contributed by atoms with Crippen LogP contribution < -0.4 is 0 Å². The van der Waals surface area contributed by atoms with Crippen LogP contribution in [0.1, 0.15) is 88.8 Å². The van der Waals surface area contributed by atoms with Crippen molar-refractivity contribution in [2.45, 2.75) is 57.3 Å². The van der Waals surface area contributed by atoms with E-state index in [2.05, 4.69) is 44.4 Å². The van der Waals surface area contributed by atoms with Gasteiger partial charge in [-0.25, -0.2) is 13.8 Å². The molecule has 2 heterocycles. The molecule has 0 radical (unpaired) electrons.